The molecule has 57 heavy (non-hydrogen) atoms. The number of anilines is 3. The van der Waals surface area contributed by atoms with Crippen LogP contribution in [-0.2, 0) is 0 Å². The Hall–Kier alpha value is -4.88. The van der Waals surface area contributed by atoms with Crippen LogP contribution in [0.2, 0.25) is 0 Å². The van der Waals surface area contributed by atoms with E-state index >= 15 is 0 Å². The van der Waals surface area contributed by atoms with E-state index in [1.54, 1.807) is 11.1 Å². The first-order chi connectivity index (χ1) is 28.1. The van der Waals surface area contributed by atoms with Crippen molar-refractivity contribution >= 4 is 17.1 Å². The summed E-state index contributed by atoms with van der Waals surface area (Å²) in [6, 6.07) is 57.5. The zero-order valence-electron chi connectivity index (χ0n) is 33.2. The molecule has 1 heteroatoms. The van der Waals surface area contributed by atoms with E-state index in [0.717, 1.165) is 59.2 Å². The maximum absolute atomic E-state index is 2.79. The highest BCUT2D eigenvalue weighted by molar-refractivity contribution is 5.82. The highest BCUT2D eigenvalue weighted by atomic mass is 15.1. The Morgan fingerprint density at radius 1 is 0.281 bits per heavy atom. The number of benzene rings is 6. The van der Waals surface area contributed by atoms with Crippen LogP contribution in [0.1, 0.15) is 87.2 Å². The Bertz CT molecular complexity index is 2170. The molecule has 8 saturated carbocycles. The molecule has 0 atom stereocenters. The van der Waals surface area contributed by atoms with Crippen molar-refractivity contribution in [1.82, 2.24) is 0 Å². The molecule has 8 fully saturated rings. The second kappa shape index (κ2) is 13.9. The Balaban J connectivity index is 0.958. The van der Waals surface area contributed by atoms with E-state index in [2.05, 4.69) is 157 Å². The summed E-state index contributed by atoms with van der Waals surface area (Å²) >= 11 is 0. The second-order valence-corrected chi connectivity index (χ2v) is 19.5. The molecule has 8 bridgehead atoms. The SMILES string of the molecule is c1ccc(-c2ccc(N(c3ccc(-c4ccccc4)cc3)c3cccc(-c4cc(C5C6CC7CC(C6)CC5C7)cc(C5C6CC7CC(C6)CC5C7)c4)c3)cc2)cc1. The van der Waals surface area contributed by atoms with Gasteiger partial charge in [0.15, 0.2) is 0 Å². The van der Waals surface area contributed by atoms with E-state index in [-0.39, 0.29) is 0 Å². The molecule has 0 unspecified atom stereocenters. The predicted molar refractivity (Wildman–Crippen MR) is 237 cm³/mol. The van der Waals surface area contributed by atoms with Gasteiger partial charge in [-0.1, -0.05) is 115 Å². The first-order valence-corrected chi connectivity index (χ1v) is 22.5. The second-order valence-electron chi connectivity index (χ2n) is 19.5. The first-order valence-electron chi connectivity index (χ1n) is 22.5. The van der Waals surface area contributed by atoms with Gasteiger partial charge in [-0.2, -0.15) is 0 Å². The summed E-state index contributed by atoms with van der Waals surface area (Å²) in [6.07, 6.45) is 14.9. The quantitative estimate of drug-likeness (QED) is 0.150. The van der Waals surface area contributed by atoms with Crippen molar-refractivity contribution in [1.29, 1.82) is 0 Å². The van der Waals surface area contributed by atoms with Crippen molar-refractivity contribution in [3.8, 4) is 33.4 Å². The van der Waals surface area contributed by atoms with Crippen molar-refractivity contribution in [2.24, 2.45) is 47.3 Å². The predicted octanol–water partition coefficient (Wildman–Crippen LogP) is 15.2. The van der Waals surface area contributed by atoms with Crippen molar-refractivity contribution in [3.05, 3.63) is 163 Å². The Morgan fingerprint density at radius 2 is 0.667 bits per heavy atom. The van der Waals surface area contributed by atoms with Crippen LogP contribution in [0.3, 0.4) is 0 Å². The third kappa shape index (κ3) is 6.19. The fraction of sp³-hybridized carbons (Fsp3) is 0.357. The normalized spacial score (nSPS) is 30.5. The third-order valence-electron chi connectivity index (χ3n) is 16.1. The van der Waals surface area contributed by atoms with E-state index < -0.39 is 0 Å². The summed E-state index contributed by atoms with van der Waals surface area (Å²) in [5.41, 5.74) is 14.7. The molecule has 6 aromatic rings. The van der Waals surface area contributed by atoms with Crippen LogP contribution in [0.4, 0.5) is 17.1 Å². The molecule has 0 amide bonds. The zero-order chi connectivity index (χ0) is 37.5. The molecule has 0 spiro atoms. The van der Waals surface area contributed by atoms with Crippen molar-refractivity contribution in [2.75, 3.05) is 4.90 Å². The lowest BCUT2D eigenvalue weighted by Crippen LogP contribution is -2.44. The van der Waals surface area contributed by atoms with Gasteiger partial charge in [-0.15, -0.1) is 0 Å². The largest absolute Gasteiger partial charge is 0.310 e. The molecule has 0 saturated heterocycles. The van der Waals surface area contributed by atoms with Gasteiger partial charge in [-0.05, 0) is 204 Å². The van der Waals surface area contributed by atoms with Crippen molar-refractivity contribution in [3.63, 3.8) is 0 Å². The summed E-state index contributed by atoms with van der Waals surface area (Å²) in [7, 11) is 0. The van der Waals surface area contributed by atoms with E-state index in [1.807, 2.05) is 0 Å². The van der Waals surface area contributed by atoms with Crippen LogP contribution in [-0.4, -0.2) is 0 Å². The minimum Gasteiger partial charge on any atom is -0.310 e. The molecule has 0 N–H and O–H groups in total. The summed E-state index contributed by atoms with van der Waals surface area (Å²) in [4.78, 5) is 2.47. The van der Waals surface area contributed by atoms with Gasteiger partial charge in [0, 0.05) is 17.1 Å². The molecule has 0 radical (unpaired) electrons. The standard InChI is InChI=1S/C56H55N/c1-3-8-40(9-4-1)42-14-18-52(19-15-42)57(53-20-16-43(17-21-53)41-10-5-2-6-11-41)54-13-7-12-44(35-54)45-32-50(55-46-24-36-22-37(26-46)27-47(55)25-36)34-51(33-45)56-48-28-38-23-39(30-48)31-49(56)29-38/h1-21,32-39,46-49,55-56H,22-31H2. The molecule has 6 aromatic carbocycles. The number of hydrogen-bond donors (Lipinski definition) is 0. The van der Waals surface area contributed by atoms with Crippen LogP contribution in [0.25, 0.3) is 33.4 Å². The number of nitrogens with zero attached hydrogens (tertiary/aromatic N) is 1. The van der Waals surface area contributed by atoms with Crippen molar-refractivity contribution in [2.45, 2.75) is 76.0 Å². The topological polar surface area (TPSA) is 3.24 Å². The molecule has 0 aliphatic heterocycles. The highest BCUT2D eigenvalue weighted by Gasteiger charge is 2.51. The van der Waals surface area contributed by atoms with E-state index in [4.69, 9.17) is 0 Å². The van der Waals surface area contributed by atoms with E-state index in [1.165, 1.54) is 115 Å². The zero-order valence-corrected chi connectivity index (χ0v) is 33.2. The smallest absolute Gasteiger partial charge is 0.0467 e. The molecular formula is C56H55N. The van der Waals surface area contributed by atoms with Crippen LogP contribution >= 0.6 is 0 Å². The minimum atomic E-state index is 0.749. The Morgan fingerprint density at radius 3 is 1.09 bits per heavy atom. The lowest BCUT2D eigenvalue weighted by atomic mass is 9.49. The molecule has 0 heterocycles. The first kappa shape index (κ1) is 34.2. The van der Waals surface area contributed by atoms with Crippen LogP contribution in [0, 0.1) is 47.3 Å². The summed E-state index contributed by atoms with van der Waals surface area (Å²) < 4.78 is 0. The maximum atomic E-state index is 2.79. The fourth-order valence-electron chi connectivity index (χ4n) is 14.3. The molecule has 14 rings (SSSR count). The average molecular weight is 742 g/mol. The number of hydrogen-bond acceptors (Lipinski definition) is 1. The third-order valence-corrected chi connectivity index (χ3v) is 16.1. The van der Waals surface area contributed by atoms with Gasteiger partial charge in [-0.25, -0.2) is 0 Å². The van der Waals surface area contributed by atoms with Gasteiger partial charge in [0.1, 0.15) is 0 Å². The van der Waals surface area contributed by atoms with Crippen molar-refractivity contribution < 1.29 is 0 Å². The Labute approximate surface area is 340 Å². The van der Waals surface area contributed by atoms with Gasteiger partial charge in [0.05, 0.1) is 0 Å². The summed E-state index contributed by atoms with van der Waals surface area (Å²) in [5, 5.41) is 0. The molecule has 0 aromatic heterocycles. The molecular weight excluding hydrogens is 687 g/mol. The lowest BCUT2D eigenvalue weighted by molar-refractivity contribution is -0.00495. The van der Waals surface area contributed by atoms with Gasteiger partial charge in [0.2, 0.25) is 0 Å². The molecule has 8 aliphatic rings. The maximum Gasteiger partial charge on any atom is 0.0467 e. The van der Waals surface area contributed by atoms with Gasteiger partial charge >= 0.3 is 0 Å². The molecule has 1 nitrogen and oxygen atoms in total. The van der Waals surface area contributed by atoms with E-state index in [0.29, 0.717) is 0 Å². The van der Waals surface area contributed by atoms with Gasteiger partial charge in [0.25, 0.3) is 0 Å². The number of rotatable bonds is 8. The highest BCUT2D eigenvalue weighted by Crippen LogP contribution is 2.62. The van der Waals surface area contributed by atoms with Crippen LogP contribution in [0.5, 0.6) is 0 Å². The monoisotopic (exact) mass is 741 g/mol. The summed E-state index contributed by atoms with van der Waals surface area (Å²) in [6.45, 7) is 0. The fourth-order valence-corrected chi connectivity index (χ4v) is 14.3. The Kier molecular flexibility index (Phi) is 8.34. The van der Waals surface area contributed by atoms with Gasteiger partial charge < -0.3 is 4.90 Å². The van der Waals surface area contributed by atoms with Crippen LogP contribution < -0.4 is 4.90 Å². The van der Waals surface area contributed by atoms with Crippen LogP contribution in [0.15, 0.2) is 152 Å². The van der Waals surface area contributed by atoms with E-state index in [9.17, 15) is 0 Å². The molecule has 8 aliphatic carbocycles. The summed E-state index contributed by atoms with van der Waals surface area (Å²) in [5.74, 6) is 9.07. The molecule has 284 valence electrons. The van der Waals surface area contributed by atoms with Gasteiger partial charge in [-0.3, -0.25) is 0 Å². The minimum absolute atomic E-state index is 0.749. The lowest BCUT2D eigenvalue weighted by Gasteiger charge is -2.55. The average Bonchev–Trinajstić information content (AvgIpc) is 3.24.